The molecule has 0 unspecified atom stereocenters. The fraction of sp³-hybridized carbons (Fsp3) is 0.118. The molecule has 4 nitrogen and oxygen atoms in total. The summed E-state index contributed by atoms with van der Waals surface area (Å²) in [4.78, 5) is 10.7. The zero-order valence-electron chi connectivity index (χ0n) is 12.0. The van der Waals surface area contributed by atoms with Crippen molar-refractivity contribution in [2.24, 2.45) is 5.73 Å². The number of primary amides is 1. The number of rotatable bonds is 5. The van der Waals surface area contributed by atoms with Crippen molar-refractivity contribution in [3.8, 4) is 22.6 Å². The highest BCUT2D eigenvalue weighted by atomic mass is 16.5. The number of carbonyl (C=O) groups is 1. The first-order valence-corrected chi connectivity index (χ1v) is 6.44. The van der Waals surface area contributed by atoms with Crippen molar-refractivity contribution in [2.75, 3.05) is 14.2 Å². The lowest BCUT2D eigenvalue weighted by molar-refractivity contribution is -0.113. The summed E-state index contributed by atoms with van der Waals surface area (Å²) in [6.07, 6.45) is 3.02. The van der Waals surface area contributed by atoms with Crippen LogP contribution in [0.5, 0.6) is 11.5 Å². The van der Waals surface area contributed by atoms with E-state index in [9.17, 15) is 4.79 Å². The van der Waals surface area contributed by atoms with E-state index in [1.54, 1.807) is 20.3 Å². The zero-order chi connectivity index (χ0) is 15.2. The Balaban J connectivity index is 2.28. The molecule has 0 heterocycles. The van der Waals surface area contributed by atoms with E-state index >= 15 is 0 Å². The summed E-state index contributed by atoms with van der Waals surface area (Å²) in [5.74, 6) is 0.925. The molecule has 0 aliphatic carbocycles. The van der Waals surface area contributed by atoms with E-state index in [1.165, 1.54) is 6.08 Å². The normalized spacial score (nSPS) is 10.6. The minimum Gasteiger partial charge on any atom is -0.493 e. The smallest absolute Gasteiger partial charge is 0.241 e. The van der Waals surface area contributed by atoms with Gasteiger partial charge in [-0.3, -0.25) is 4.79 Å². The van der Waals surface area contributed by atoms with Crippen molar-refractivity contribution in [3.05, 3.63) is 54.1 Å². The van der Waals surface area contributed by atoms with E-state index in [4.69, 9.17) is 15.2 Å². The Morgan fingerprint density at radius 1 is 0.952 bits per heavy atom. The first kappa shape index (κ1) is 14.7. The molecule has 0 fully saturated rings. The Morgan fingerprint density at radius 3 is 2.14 bits per heavy atom. The van der Waals surface area contributed by atoms with Gasteiger partial charge in [0.1, 0.15) is 0 Å². The van der Waals surface area contributed by atoms with Crippen molar-refractivity contribution >= 4 is 12.0 Å². The molecule has 0 saturated heterocycles. The summed E-state index contributed by atoms with van der Waals surface area (Å²) < 4.78 is 10.5. The van der Waals surface area contributed by atoms with Crippen LogP contribution in [-0.4, -0.2) is 20.1 Å². The second-order valence-electron chi connectivity index (χ2n) is 4.43. The van der Waals surface area contributed by atoms with Gasteiger partial charge < -0.3 is 15.2 Å². The lowest BCUT2D eigenvalue weighted by atomic mass is 10.0. The monoisotopic (exact) mass is 283 g/mol. The van der Waals surface area contributed by atoms with Gasteiger partial charge in [0.25, 0.3) is 0 Å². The average Bonchev–Trinajstić information content (AvgIpc) is 2.52. The van der Waals surface area contributed by atoms with Crippen molar-refractivity contribution in [1.82, 2.24) is 0 Å². The van der Waals surface area contributed by atoms with Crippen LogP contribution in [0.25, 0.3) is 17.2 Å². The van der Waals surface area contributed by atoms with Crippen LogP contribution < -0.4 is 15.2 Å². The van der Waals surface area contributed by atoms with E-state index < -0.39 is 5.91 Å². The van der Waals surface area contributed by atoms with Gasteiger partial charge in [-0.05, 0) is 34.9 Å². The minimum absolute atomic E-state index is 0.459. The number of benzene rings is 2. The Hall–Kier alpha value is -2.75. The SMILES string of the molecule is COc1ccc(-c2ccc(/C=C\C(N)=O)cc2)cc1OC. The number of nitrogens with two attached hydrogens (primary N) is 1. The maximum Gasteiger partial charge on any atom is 0.241 e. The standard InChI is InChI=1S/C17H17NO3/c1-20-15-9-8-14(11-16(15)21-2)13-6-3-12(4-7-13)5-10-17(18)19/h3-11H,1-2H3,(H2,18,19)/b10-5-. The van der Waals surface area contributed by atoms with E-state index in [0.29, 0.717) is 11.5 Å². The molecule has 0 aromatic heterocycles. The number of hydrogen-bond acceptors (Lipinski definition) is 3. The van der Waals surface area contributed by atoms with Gasteiger partial charge in [-0.25, -0.2) is 0 Å². The molecular weight excluding hydrogens is 266 g/mol. The van der Waals surface area contributed by atoms with Gasteiger partial charge >= 0.3 is 0 Å². The lowest BCUT2D eigenvalue weighted by Crippen LogP contribution is -2.04. The lowest BCUT2D eigenvalue weighted by Gasteiger charge is -2.09. The van der Waals surface area contributed by atoms with Crippen LogP contribution in [0, 0.1) is 0 Å². The van der Waals surface area contributed by atoms with Crippen LogP contribution in [0.15, 0.2) is 48.5 Å². The second kappa shape index (κ2) is 6.61. The third kappa shape index (κ3) is 3.63. The molecule has 0 saturated carbocycles. The summed E-state index contributed by atoms with van der Waals surface area (Å²) in [7, 11) is 3.22. The Kier molecular flexibility index (Phi) is 4.61. The quantitative estimate of drug-likeness (QED) is 0.858. The highest BCUT2D eigenvalue weighted by Crippen LogP contribution is 2.32. The Labute approximate surface area is 123 Å². The second-order valence-corrected chi connectivity index (χ2v) is 4.43. The molecule has 2 N–H and O–H groups in total. The van der Waals surface area contributed by atoms with Gasteiger partial charge in [-0.1, -0.05) is 30.3 Å². The van der Waals surface area contributed by atoms with Crippen LogP contribution in [0.2, 0.25) is 0 Å². The average molecular weight is 283 g/mol. The highest BCUT2D eigenvalue weighted by Gasteiger charge is 2.05. The third-order valence-corrected chi connectivity index (χ3v) is 3.07. The molecule has 0 aliphatic heterocycles. The van der Waals surface area contributed by atoms with Crippen molar-refractivity contribution in [1.29, 1.82) is 0 Å². The van der Waals surface area contributed by atoms with E-state index in [1.807, 2.05) is 42.5 Å². The summed E-state index contributed by atoms with van der Waals surface area (Å²) in [5, 5.41) is 0. The molecule has 2 rings (SSSR count). The third-order valence-electron chi connectivity index (χ3n) is 3.07. The summed E-state index contributed by atoms with van der Waals surface area (Å²) >= 11 is 0. The van der Waals surface area contributed by atoms with E-state index in [0.717, 1.165) is 16.7 Å². The zero-order valence-corrected chi connectivity index (χ0v) is 12.0. The number of methoxy groups -OCH3 is 2. The molecule has 0 atom stereocenters. The fourth-order valence-electron chi connectivity index (χ4n) is 1.98. The molecule has 4 heteroatoms. The predicted molar refractivity (Wildman–Crippen MR) is 83.2 cm³/mol. The predicted octanol–water partition coefficient (Wildman–Crippen LogP) is 2.87. The van der Waals surface area contributed by atoms with Gasteiger partial charge in [-0.2, -0.15) is 0 Å². The molecule has 0 spiro atoms. The molecule has 0 aliphatic rings. The molecule has 21 heavy (non-hydrogen) atoms. The first-order valence-electron chi connectivity index (χ1n) is 6.44. The van der Waals surface area contributed by atoms with Crippen LogP contribution in [0.3, 0.4) is 0 Å². The van der Waals surface area contributed by atoms with Crippen molar-refractivity contribution < 1.29 is 14.3 Å². The maximum atomic E-state index is 10.7. The number of carbonyl (C=O) groups excluding carboxylic acids is 1. The highest BCUT2D eigenvalue weighted by molar-refractivity contribution is 5.90. The molecule has 0 radical (unpaired) electrons. The minimum atomic E-state index is -0.459. The molecule has 2 aromatic carbocycles. The number of ether oxygens (including phenoxy) is 2. The first-order chi connectivity index (χ1) is 10.1. The van der Waals surface area contributed by atoms with Crippen LogP contribution in [0.1, 0.15) is 5.56 Å². The van der Waals surface area contributed by atoms with Crippen molar-refractivity contribution in [2.45, 2.75) is 0 Å². The topological polar surface area (TPSA) is 61.5 Å². The summed E-state index contributed by atoms with van der Waals surface area (Å²) in [6, 6.07) is 13.6. The van der Waals surface area contributed by atoms with Gasteiger partial charge in [0, 0.05) is 6.08 Å². The van der Waals surface area contributed by atoms with Gasteiger partial charge in [0.2, 0.25) is 5.91 Å². The Bertz CT molecular complexity index is 660. The largest absolute Gasteiger partial charge is 0.493 e. The van der Waals surface area contributed by atoms with Crippen LogP contribution in [0.4, 0.5) is 0 Å². The van der Waals surface area contributed by atoms with E-state index in [2.05, 4.69) is 0 Å². The van der Waals surface area contributed by atoms with Gasteiger partial charge in [-0.15, -0.1) is 0 Å². The van der Waals surface area contributed by atoms with Crippen LogP contribution in [-0.2, 0) is 4.79 Å². The number of amides is 1. The molecular formula is C17H17NO3. The van der Waals surface area contributed by atoms with Crippen LogP contribution >= 0.6 is 0 Å². The molecule has 2 aromatic rings. The maximum absolute atomic E-state index is 10.7. The Morgan fingerprint density at radius 2 is 1.57 bits per heavy atom. The molecule has 1 amide bonds. The van der Waals surface area contributed by atoms with Gasteiger partial charge in [0.15, 0.2) is 11.5 Å². The van der Waals surface area contributed by atoms with Gasteiger partial charge in [0.05, 0.1) is 14.2 Å². The molecule has 108 valence electrons. The number of hydrogen-bond donors (Lipinski definition) is 1. The van der Waals surface area contributed by atoms with E-state index in [-0.39, 0.29) is 0 Å². The summed E-state index contributed by atoms with van der Waals surface area (Å²) in [5.41, 5.74) is 8.06. The fourth-order valence-corrected chi connectivity index (χ4v) is 1.98. The summed E-state index contributed by atoms with van der Waals surface area (Å²) in [6.45, 7) is 0. The van der Waals surface area contributed by atoms with Crippen molar-refractivity contribution in [3.63, 3.8) is 0 Å². The molecule has 0 bridgehead atoms.